The lowest BCUT2D eigenvalue weighted by molar-refractivity contribution is 0.0746. The molecule has 0 radical (unpaired) electrons. The molecule has 0 unspecified atom stereocenters. The van der Waals surface area contributed by atoms with Crippen molar-refractivity contribution in [3.63, 3.8) is 0 Å². The Balaban J connectivity index is 1.37. The van der Waals surface area contributed by atoms with Crippen LogP contribution in [0.25, 0.3) is 0 Å². The zero-order valence-electron chi connectivity index (χ0n) is 19.2. The standard InChI is InChI=1S/C27H28N4O2S/c1-2-20-12-14-21(15-13-20)25(32)29-27(34)28-23-10-6-7-11-24(23)30-16-18-31(19-17-30)26(33)22-8-4-3-5-9-22/h3-15H,2,16-19H2,1H3,(H2,28,29,32,34). The molecule has 3 aromatic rings. The van der Waals surface area contributed by atoms with Crippen LogP contribution < -0.4 is 15.5 Å². The van der Waals surface area contributed by atoms with Crippen molar-refractivity contribution in [2.75, 3.05) is 36.4 Å². The van der Waals surface area contributed by atoms with Crippen molar-refractivity contribution in [3.8, 4) is 0 Å². The highest BCUT2D eigenvalue weighted by Crippen LogP contribution is 2.27. The Morgan fingerprint density at radius 3 is 2.15 bits per heavy atom. The lowest BCUT2D eigenvalue weighted by atomic mass is 10.1. The summed E-state index contributed by atoms with van der Waals surface area (Å²) < 4.78 is 0. The molecular formula is C27H28N4O2S. The van der Waals surface area contributed by atoms with Crippen LogP contribution in [0.2, 0.25) is 0 Å². The summed E-state index contributed by atoms with van der Waals surface area (Å²) in [6, 6.07) is 24.7. The number of benzene rings is 3. The van der Waals surface area contributed by atoms with E-state index in [9.17, 15) is 9.59 Å². The van der Waals surface area contributed by atoms with Crippen LogP contribution in [0.4, 0.5) is 11.4 Å². The summed E-state index contributed by atoms with van der Waals surface area (Å²) in [6.07, 6.45) is 0.924. The molecule has 0 bridgehead atoms. The topological polar surface area (TPSA) is 64.7 Å². The molecule has 4 rings (SSSR count). The number of piperazine rings is 1. The zero-order chi connectivity index (χ0) is 23.9. The van der Waals surface area contributed by atoms with Gasteiger partial charge in [0.1, 0.15) is 0 Å². The van der Waals surface area contributed by atoms with Gasteiger partial charge in [0.15, 0.2) is 5.11 Å². The van der Waals surface area contributed by atoms with Gasteiger partial charge in [-0.15, -0.1) is 0 Å². The van der Waals surface area contributed by atoms with Crippen LogP contribution in [0.5, 0.6) is 0 Å². The van der Waals surface area contributed by atoms with E-state index in [4.69, 9.17) is 12.2 Å². The molecule has 0 saturated carbocycles. The summed E-state index contributed by atoms with van der Waals surface area (Å²) in [5, 5.41) is 6.18. The van der Waals surface area contributed by atoms with Crippen molar-refractivity contribution in [3.05, 3.63) is 95.6 Å². The van der Waals surface area contributed by atoms with E-state index in [-0.39, 0.29) is 16.9 Å². The molecule has 3 aromatic carbocycles. The minimum absolute atomic E-state index is 0.0579. The van der Waals surface area contributed by atoms with Gasteiger partial charge in [-0.05, 0) is 60.6 Å². The first-order chi connectivity index (χ1) is 16.5. The van der Waals surface area contributed by atoms with Crippen molar-refractivity contribution in [2.24, 2.45) is 0 Å². The second-order valence-electron chi connectivity index (χ2n) is 8.12. The average molecular weight is 473 g/mol. The van der Waals surface area contributed by atoms with Gasteiger partial charge in [-0.25, -0.2) is 0 Å². The van der Waals surface area contributed by atoms with Gasteiger partial charge >= 0.3 is 0 Å². The highest BCUT2D eigenvalue weighted by atomic mass is 32.1. The fourth-order valence-corrected chi connectivity index (χ4v) is 4.19. The Morgan fingerprint density at radius 2 is 1.47 bits per heavy atom. The maximum atomic E-state index is 12.7. The van der Waals surface area contributed by atoms with E-state index >= 15 is 0 Å². The van der Waals surface area contributed by atoms with Crippen molar-refractivity contribution in [1.82, 2.24) is 10.2 Å². The van der Waals surface area contributed by atoms with Crippen LogP contribution in [0.15, 0.2) is 78.9 Å². The third-order valence-corrected chi connectivity index (χ3v) is 6.14. The Bertz CT molecular complexity index is 1160. The quantitative estimate of drug-likeness (QED) is 0.541. The summed E-state index contributed by atoms with van der Waals surface area (Å²) in [6.45, 7) is 4.76. The summed E-state index contributed by atoms with van der Waals surface area (Å²) >= 11 is 5.41. The lowest BCUT2D eigenvalue weighted by Crippen LogP contribution is -2.49. The predicted molar refractivity (Wildman–Crippen MR) is 141 cm³/mol. The average Bonchev–Trinajstić information content (AvgIpc) is 2.89. The van der Waals surface area contributed by atoms with Gasteiger partial charge in [0, 0.05) is 37.3 Å². The van der Waals surface area contributed by atoms with Crippen molar-refractivity contribution in [1.29, 1.82) is 0 Å². The molecule has 34 heavy (non-hydrogen) atoms. The summed E-state index contributed by atoms with van der Waals surface area (Å²) in [4.78, 5) is 29.4. The molecule has 1 aliphatic heterocycles. The third-order valence-electron chi connectivity index (χ3n) is 5.93. The molecule has 1 saturated heterocycles. The summed E-state index contributed by atoms with van der Waals surface area (Å²) in [7, 11) is 0. The Morgan fingerprint density at radius 1 is 0.824 bits per heavy atom. The fraction of sp³-hybridized carbons (Fsp3) is 0.222. The van der Waals surface area contributed by atoms with Crippen LogP contribution >= 0.6 is 12.2 Å². The molecule has 1 aliphatic rings. The van der Waals surface area contributed by atoms with Gasteiger partial charge in [-0.1, -0.05) is 49.4 Å². The zero-order valence-corrected chi connectivity index (χ0v) is 20.0. The summed E-state index contributed by atoms with van der Waals surface area (Å²) in [5.41, 5.74) is 4.25. The molecule has 174 valence electrons. The molecular weight excluding hydrogens is 444 g/mol. The normalized spacial score (nSPS) is 13.3. The molecule has 2 N–H and O–H groups in total. The van der Waals surface area contributed by atoms with E-state index in [0.29, 0.717) is 37.3 Å². The highest BCUT2D eigenvalue weighted by Gasteiger charge is 2.23. The number of carbonyl (C=O) groups is 2. The van der Waals surface area contributed by atoms with Gasteiger partial charge in [0.25, 0.3) is 11.8 Å². The number of thiocarbonyl (C=S) groups is 1. The molecule has 0 aliphatic carbocycles. The Kier molecular flexibility index (Phi) is 7.54. The molecule has 0 atom stereocenters. The molecule has 1 fully saturated rings. The van der Waals surface area contributed by atoms with Crippen LogP contribution in [0, 0.1) is 0 Å². The second kappa shape index (κ2) is 10.9. The number of carbonyl (C=O) groups excluding carboxylic acids is 2. The minimum atomic E-state index is -0.245. The smallest absolute Gasteiger partial charge is 0.257 e. The van der Waals surface area contributed by atoms with Crippen LogP contribution in [0.3, 0.4) is 0 Å². The molecule has 2 amide bonds. The number of hydrogen-bond acceptors (Lipinski definition) is 4. The number of aryl methyl sites for hydroxylation is 1. The van der Waals surface area contributed by atoms with E-state index in [2.05, 4.69) is 22.5 Å². The number of nitrogens with zero attached hydrogens (tertiary/aromatic N) is 2. The number of para-hydroxylation sites is 2. The van der Waals surface area contributed by atoms with Crippen LogP contribution in [-0.4, -0.2) is 48.0 Å². The molecule has 0 aromatic heterocycles. The second-order valence-corrected chi connectivity index (χ2v) is 8.53. The van der Waals surface area contributed by atoms with Gasteiger partial charge in [-0.3, -0.25) is 14.9 Å². The van der Waals surface area contributed by atoms with Gasteiger partial charge < -0.3 is 15.1 Å². The fourth-order valence-electron chi connectivity index (χ4n) is 3.99. The monoisotopic (exact) mass is 472 g/mol. The summed E-state index contributed by atoms with van der Waals surface area (Å²) in [5.74, 6) is -0.187. The molecule has 6 nitrogen and oxygen atoms in total. The first-order valence-corrected chi connectivity index (χ1v) is 11.9. The Hall–Kier alpha value is -3.71. The SMILES string of the molecule is CCc1ccc(C(=O)NC(=S)Nc2ccccc2N2CCN(C(=O)c3ccccc3)CC2)cc1. The third kappa shape index (κ3) is 5.61. The molecule has 7 heteroatoms. The van der Waals surface area contributed by atoms with Crippen molar-refractivity contribution in [2.45, 2.75) is 13.3 Å². The number of anilines is 2. The number of nitrogens with one attached hydrogen (secondary N) is 2. The molecule has 0 spiro atoms. The van der Waals surface area contributed by atoms with Crippen LogP contribution in [0.1, 0.15) is 33.2 Å². The van der Waals surface area contributed by atoms with Gasteiger partial charge in [-0.2, -0.15) is 0 Å². The molecule has 1 heterocycles. The minimum Gasteiger partial charge on any atom is -0.366 e. The first-order valence-electron chi connectivity index (χ1n) is 11.4. The van der Waals surface area contributed by atoms with Gasteiger partial charge in [0.2, 0.25) is 0 Å². The van der Waals surface area contributed by atoms with Crippen LogP contribution in [-0.2, 0) is 6.42 Å². The maximum absolute atomic E-state index is 12.7. The maximum Gasteiger partial charge on any atom is 0.257 e. The first kappa shape index (κ1) is 23.4. The Labute approximate surface area is 205 Å². The van der Waals surface area contributed by atoms with E-state index < -0.39 is 0 Å². The van der Waals surface area contributed by atoms with E-state index in [1.165, 1.54) is 5.56 Å². The van der Waals surface area contributed by atoms with E-state index in [0.717, 1.165) is 17.8 Å². The predicted octanol–water partition coefficient (Wildman–Crippen LogP) is 4.34. The number of amides is 2. The number of hydrogen-bond donors (Lipinski definition) is 2. The van der Waals surface area contributed by atoms with E-state index in [1.54, 1.807) is 12.1 Å². The van der Waals surface area contributed by atoms with Gasteiger partial charge in [0.05, 0.1) is 11.4 Å². The van der Waals surface area contributed by atoms with Crippen molar-refractivity contribution >= 4 is 40.5 Å². The largest absolute Gasteiger partial charge is 0.366 e. The highest BCUT2D eigenvalue weighted by molar-refractivity contribution is 7.80. The van der Waals surface area contributed by atoms with E-state index in [1.807, 2.05) is 71.6 Å². The lowest BCUT2D eigenvalue weighted by Gasteiger charge is -2.37. The number of rotatable bonds is 5. The van der Waals surface area contributed by atoms with Crippen molar-refractivity contribution < 1.29 is 9.59 Å².